The van der Waals surface area contributed by atoms with E-state index in [1.165, 1.54) is 0 Å². The molecule has 3 aromatic rings. The second-order valence-electron chi connectivity index (χ2n) is 6.45. The molecule has 0 atom stereocenters. The van der Waals surface area contributed by atoms with Gasteiger partial charge in [0.1, 0.15) is 5.82 Å². The van der Waals surface area contributed by atoms with Crippen LogP contribution in [0.1, 0.15) is 29.8 Å². The van der Waals surface area contributed by atoms with Crippen LogP contribution in [0, 0.1) is 6.92 Å². The molecule has 0 spiro atoms. The zero-order chi connectivity index (χ0) is 19.2. The van der Waals surface area contributed by atoms with Crippen molar-refractivity contribution in [2.75, 3.05) is 5.32 Å². The number of rotatable bonds is 7. The Kier molecular flexibility index (Phi) is 6.54. The Morgan fingerprint density at radius 2 is 1.81 bits per heavy atom. The SMILES string of the molecule is Cc1nccn1Cc1ccc(NC(=O)CCCc2ccc(Cl)c(Cl)c2)cc1. The van der Waals surface area contributed by atoms with Crippen LogP contribution in [-0.4, -0.2) is 15.5 Å². The largest absolute Gasteiger partial charge is 0.331 e. The van der Waals surface area contributed by atoms with Gasteiger partial charge in [0.25, 0.3) is 0 Å². The Morgan fingerprint density at radius 1 is 1.07 bits per heavy atom. The van der Waals surface area contributed by atoms with E-state index in [0.29, 0.717) is 16.5 Å². The number of benzene rings is 2. The van der Waals surface area contributed by atoms with E-state index in [2.05, 4.69) is 14.9 Å². The predicted molar refractivity (Wildman–Crippen MR) is 111 cm³/mol. The van der Waals surface area contributed by atoms with E-state index in [1.54, 1.807) is 12.3 Å². The molecule has 0 unspecified atom stereocenters. The monoisotopic (exact) mass is 401 g/mol. The van der Waals surface area contributed by atoms with Crippen molar-refractivity contribution in [2.24, 2.45) is 0 Å². The molecule has 0 bridgehead atoms. The van der Waals surface area contributed by atoms with Gasteiger partial charge in [0, 0.05) is 31.0 Å². The fourth-order valence-corrected chi connectivity index (χ4v) is 3.15. The maximum Gasteiger partial charge on any atom is 0.224 e. The summed E-state index contributed by atoms with van der Waals surface area (Å²) in [4.78, 5) is 16.4. The summed E-state index contributed by atoms with van der Waals surface area (Å²) >= 11 is 11.9. The molecule has 0 aliphatic carbocycles. The summed E-state index contributed by atoms with van der Waals surface area (Å²) in [6.07, 6.45) is 5.74. The Hall–Kier alpha value is -2.30. The molecule has 0 aliphatic heterocycles. The maximum absolute atomic E-state index is 12.1. The summed E-state index contributed by atoms with van der Waals surface area (Å²) in [5.41, 5.74) is 3.05. The van der Waals surface area contributed by atoms with Gasteiger partial charge in [0.2, 0.25) is 5.91 Å². The number of amides is 1. The summed E-state index contributed by atoms with van der Waals surface area (Å²) in [6, 6.07) is 13.5. The van der Waals surface area contributed by atoms with Crippen LogP contribution in [0.4, 0.5) is 5.69 Å². The standard InChI is InChI=1S/C21H21Cl2N3O/c1-15-24-11-12-26(15)14-17-5-8-18(9-6-17)25-21(27)4-2-3-16-7-10-19(22)20(23)13-16/h5-13H,2-4,14H2,1H3,(H,25,27). The Morgan fingerprint density at radius 3 is 2.48 bits per heavy atom. The molecule has 1 N–H and O–H groups in total. The topological polar surface area (TPSA) is 46.9 Å². The maximum atomic E-state index is 12.1. The van der Waals surface area contributed by atoms with Crippen molar-refractivity contribution < 1.29 is 4.79 Å². The lowest BCUT2D eigenvalue weighted by Gasteiger charge is -2.08. The minimum atomic E-state index is 0.00765. The van der Waals surface area contributed by atoms with Crippen molar-refractivity contribution in [3.8, 4) is 0 Å². The van der Waals surface area contributed by atoms with Crippen molar-refractivity contribution in [3.05, 3.63) is 81.9 Å². The average molecular weight is 402 g/mol. The molecule has 27 heavy (non-hydrogen) atoms. The number of imidazole rings is 1. The number of nitrogens with one attached hydrogen (secondary N) is 1. The lowest BCUT2D eigenvalue weighted by Crippen LogP contribution is -2.11. The number of aromatic nitrogens is 2. The molecule has 2 aromatic carbocycles. The first-order chi connectivity index (χ1) is 13.0. The van der Waals surface area contributed by atoms with Gasteiger partial charge in [-0.2, -0.15) is 0 Å². The molecular formula is C21H21Cl2N3O. The third kappa shape index (κ3) is 5.59. The van der Waals surface area contributed by atoms with Crippen molar-refractivity contribution in [1.29, 1.82) is 0 Å². The molecule has 4 nitrogen and oxygen atoms in total. The van der Waals surface area contributed by atoms with Gasteiger partial charge in [-0.1, -0.05) is 41.4 Å². The third-order valence-corrected chi connectivity index (χ3v) is 5.11. The number of anilines is 1. The van der Waals surface area contributed by atoms with Gasteiger partial charge in [-0.05, 0) is 55.2 Å². The first-order valence-electron chi connectivity index (χ1n) is 8.82. The first kappa shape index (κ1) is 19.5. The first-order valence-corrected chi connectivity index (χ1v) is 9.57. The lowest BCUT2D eigenvalue weighted by molar-refractivity contribution is -0.116. The second-order valence-corrected chi connectivity index (χ2v) is 7.26. The third-order valence-electron chi connectivity index (χ3n) is 4.37. The molecule has 0 saturated carbocycles. The molecule has 0 fully saturated rings. The van der Waals surface area contributed by atoms with Crippen molar-refractivity contribution in [3.63, 3.8) is 0 Å². The number of carbonyl (C=O) groups is 1. The highest BCUT2D eigenvalue weighted by molar-refractivity contribution is 6.42. The van der Waals surface area contributed by atoms with Gasteiger partial charge in [-0.25, -0.2) is 4.98 Å². The summed E-state index contributed by atoms with van der Waals surface area (Å²) in [6.45, 7) is 2.75. The van der Waals surface area contributed by atoms with E-state index < -0.39 is 0 Å². The molecule has 1 aromatic heterocycles. The molecule has 6 heteroatoms. The quantitative estimate of drug-likeness (QED) is 0.567. The van der Waals surface area contributed by atoms with E-state index in [-0.39, 0.29) is 5.91 Å². The molecule has 0 radical (unpaired) electrons. The van der Waals surface area contributed by atoms with Gasteiger partial charge < -0.3 is 9.88 Å². The Bertz CT molecular complexity index is 919. The van der Waals surface area contributed by atoms with Crippen molar-refractivity contribution in [1.82, 2.24) is 9.55 Å². The van der Waals surface area contributed by atoms with E-state index in [1.807, 2.05) is 49.5 Å². The van der Waals surface area contributed by atoms with Crippen LogP contribution in [0.3, 0.4) is 0 Å². The highest BCUT2D eigenvalue weighted by Crippen LogP contribution is 2.23. The minimum absolute atomic E-state index is 0.00765. The zero-order valence-corrected chi connectivity index (χ0v) is 16.6. The summed E-state index contributed by atoms with van der Waals surface area (Å²) < 4.78 is 2.08. The summed E-state index contributed by atoms with van der Waals surface area (Å²) in [7, 11) is 0. The van der Waals surface area contributed by atoms with Gasteiger partial charge in [-0.3, -0.25) is 4.79 Å². The van der Waals surface area contributed by atoms with E-state index in [4.69, 9.17) is 23.2 Å². The molecular weight excluding hydrogens is 381 g/mol. The number of halogens is 2. The fraction of sp³-hybridized carbons (Fsp3) is 0.238. The highest BCUT2D eigenvalue weighted by atomic mass is 35.5. The summed E-state index contributed by atoms with van der Waals surface area (Å²) in [5, 5.41) is 4.03. The lowest BCUT2D eigenvalue weighted by atomic mass is 10.1. The number of hydrogen-bond acceptors (Lipinski definition) is 2. The van der Waals surface area contributed by atoms with Crippen molar-refractivity contribution in [2.45, 2.75) is 32.7 Å². The molecule has 140 valence electrons. The average Bonchev–Trinajstić information content (AvgIpc) is 3.04. The van der Waals surface area contributed by atoms with Crippen molar-refractivity contribution >= 4 is 34.8 Å². The molecule has 1 heterocycles. The smallest absolute Gasteiger partial charge is 0.224 e. The van der Waals surface area contributed by atoms with Crippen LogP contribution in [0.15, 0.2) is 54.9 Å². The minimum Gasteiger partial charge on any atom is -0.331 e. The second kappa shape index (κ2) is 9.07. The van der Waals surface area contributed by atoms with Crippen LogP contribution in [0.2, 0.25) is 10.0 Å². The number of aryl methyl sites for hydroxylation is 2. The zero-order valence-electron chi connectivity index (χ0n) is 15.1. The van der Waals surface area contributed by atoms with Crippen LogP contribution in [0.5, 0.6) is 0 Å². The van der Waals surface area contributed by atoms with Crippen LogP contribution < -0.4 is 5.32 Å². The Balaban J connectivity index is 1.46. The molecule has 1 amide bonds. The van der Waals surface area contributed by atoms with Crippen LogP contribution in [0.25, 0.3) is 0 Å². The number of hydrogen-bond donors (Lipinski definition) is 1. The van der Waals surface area contributed by atoms with E-state index in [0.717, 1.165) is 42.0 Å². The fourth-order valence-electron chi connectivity index (χ4n) is 2.83. The van der Waals surface area contributed by atoms with Crippen LogP contribution >= 0.6 is 23.2 Å². The van der Waals surface area contributed by atoms with Gasteiger partial charge in [0.05, 0.1) is 10.0 Å². The molecule has 0 saturated heterocycles. The van der Waals surface area contributed by atoms with E-state index >= 15 is 0 Å². The highest BCUT2D eigenvalue weighted by Gasteiger charge is 2.05. The molecule has 3 rings (SSSR count). The summed E-state index contributed by atoms with van der Waals surface area (Å²) in [5.74, 6) is 0.989. The number of carbonyl (C=O) groups excluding carboxylic acids is 1. The number of nitrogens with zero attached hydrogens (tertiary/aromatic N) is 2. The van der Waals surface area contributed by atoms with Gasteiger partial charge in [0.15, 0.2) is 0 Å². The predicted octanol–water partition coefficient (Wildman–Crippen LogP) is 5.51. The molecule has 0 aliphatic rings. The van der Waals surface area contributed by atoms with Crippen LogP contribution in [-0.2, 0) is 17.8 Å². The van der Waals surface area contributed by atoms with Gasteiger partial charge in [-0.15, -0.1) is 0 Å². The Labute approximate surface area is 169 Å². The van der Waals surface area contributed by atoms with Gasteiger partial charge >= 0.3 is 0 Å². The van der Waals surface area contributed by atoms with E-state index in [9.17, 15) is 4.79 Å². The normalized spacial score (nSPS) is 10.8.